The van der Waals surface area contributed by atoms with E-state index in [9.17, 15) is 0 Å². The third kappa shape index (κ3) is 1.01. The number of nitrogens with zero attached hydrogens (tertiary/aromatic N) is 2. The summed E-state index contributed by atoms with van der Waals surface area (Å²) < 4.78 is 0.635. The summed E-state index contributed by atoms with van der Waals surface area (Å²) >= 11 is 5.00. The second-order valence-electron chi connectivity index (χ2n) is 2.14. The lowest BCUT2D eigenvalue weighted by atomic mass is 10.3. The molecule has 0 aliphatic carbocycles. The smallest absolute Gasteiger partial charge is 0.129 e. The minimum absolute atomic E-state index is 0.635. The van der Waals surface area contributed by atoms with Crippen LogP contribution in [0.1, 0.15) is 0 Å². The highest BCUT2D eigenvalue weighted by Gasteiger charge is 1.92. The zero-order valence-electron chi connectivity index (χ0n) is 5.61. The molecule has 0 radical (unpaired) electrons. The summed E-state index contributed by atoms with van der Waals surface area (Å²) in [4.78, 5) is 4.09. The van der Waals surface area contributed by atoms with E-state index in [1.54, 1.807) is 12.4 Å². The SMILES string of the molecule is S=c1[nH]ncc2ncccc12. The number of fused-ring (bicyclic) bond motifs is 1. The predicted octanol–water partition coefficient (Wildman–Crippen LogP) is 1.69. The van der Waals surface area contributed by atoms with Gasteiger partial charge in [-0.1, -0.05) is 12.2 Å². The van der Waals surface area contributed by atoms with E-state index in [2.05, 4.69) is 15.2 Å². The molecule has 0 amide bonds. The molecule has 0 atom stereocenters. The lowest BCUT2D eigenvalue weighted by molar-refractivity contribution is 1.03. The highest BCUT2D eigenvalue weighted by atomic mass is 32.1. The molecule has 2 heterocycles. The molecule has 0 spiro atoms. The number of aromatic amines is 1. The number of aromatic nitrogens is 3. The van der Waals surface area contributed by atoms with Crippen LogP contribution in [0.2, 0.25) is 0 Å². The second-order valence-corrected chi connectivity index (χ2v) is 2.54. The van der Waals surface area contributed by atoms with Crippen molar-refractivity contribution in [1.29, 1.82) is 0 Å². The largest absolute Gasteiger partial charge is 0.267 e. The van der Waals surface area contributed by atoms with Gasteiger partial charge in [0.15, 0.2) is 0 Å². The average Bonchev–Trinajstić information content (AvgIpc) is 2.06. The molecule has 54 valence electrons. The average molecular weight is 163 g/mol. The van der Waals surface area contributed by atoms with E-state index in [1.165, 1.54) is 0 Å². The normalized spacial score (nSPS) is 10.2. The van der Waals surface area contributed by atoms with Crippen molar-refractivity contribution in [3.63, 3.8) is 0 Å². The molecule has 0 bridgehead atoms. The molecule has 2 aromatic rings. The zero-order chi connectivity index (χ0) is 7.68. The van der Waals surface area contributed by atoms with Crippen LogP contribution in [-0.4, -0.2) is 15.2 Å². The molecule has 0 aliphatic rings. The van der Waals surface area contributed by atoms with Crippen LogP contribution in [0.4, 0.5) is 0 Å². The van der Waals surface area contributed by atoms with E-state index in [-0.39, 0.29) is 0 Å². The highest BCUT2D eigenvalue weighted by molar-refractivity contribution is 7.71. The van der Waals surface area contributed by atoms with Crippen molar-refractivity contribution in [2.24, 2.45) is 0 Å². The van der Waals surface area contributed by atoms with Gasteiger partial charge in [-0.2, -0.15) is 5.10 Å². The Morgan fingerprint density at radius 3 is 3.18 bits per heavy atom. The molecule has 4 heteroatoms. The number of rotatable bonds is 0. The number of pyridine rings is 1. The summed E-state index contributed by atoms with van der Waals surface area (Å²) in [5.74, 6) is 0. The second kappa shape index (κ2) is 2.39. The van der Waals surface area contributed by atoms with E-state index in [0.717, 1.165) is 10.9 Å². The van der Waals surface area contributed by atoms with Gasteiger partial charge in [0.05, 0.1) is 11.7 Å². The van der Waals surface area contributed by atoms with E-state index in [1.807, 2.05) is 12.1 Å². The van der Waals surface area contributed by atoms with E-state index < -0.39 is 0 Å². The van der Waals surface area contributed by atoms with E-state index in [0.29, 0.717) is 4.64 Å². The van der Waals surface area contributed by atoms with Gasteiger partial charge < -0.3 is 0 Å². The van der Waals surface area contributed by atoms with Gasteiger partial charge in [-0.15, -0.1) is 0 Å². The summed E-state index contributed by atoms with van der Waals surface area (Å²) in [6.07, 6.45) is 3.38. The molecule has 0 saturated heterocycles. The number of hydrogen-bond acceptors (Lipinski definition) is 3. The van der Waals surface area contributed by atoms with Gasteiger partial charge in [0.25, 0.3) is 0 Å². The maximum Gasteiger partial charge on any atom is 0.129 e. The zero-order valence-corrected chi connectivity index (χ0v) is 6.43. The topological polar surface area (TPSA) is 41.6 Å². The first kappa shape index (κ1) is 6.42. The van der Waals surface area contributed by atoms with E-state index in [4.69, 9.17) is 12.2 Å². The van der Waals surface area contributed by atoms with Crippen molar-refractivity contribution in [2.45, 2.75) is 0 Å². The number of H-pyrrole nitrogens is 1. The summed E-state index contributed by atoms with van der Waals surface area (Å²) in [5.41, 5.74) is 0.830. The Labute approximate surface area is 68.1 Å². The molecule has 2 rings (SSSR count). The maximum atomic E-state index is 5.00. The lowest BCUT2D eigenvalue weighted by Gasteiger charge is -1.92. The van der Waals surface area contributed by atoms with Gasteiger partial charge in [0, 0.05) is 11.6 Å². The van der Waals surface area contributed by atoms with Gasteiger partial charge >= 0.3 is 0 Å². The fourth-order valence-corrected chi connectivity index (χ4v) is 1.15. The van der Waals surface area contributed by atoms with Crippen LogP contribution >= 0.6 is 12.2 Å². The van der Waals surface area contributed by atoms with Crippen LogP contribution < -0.4 is 0 Å². The molecule has 2 aromatic heterocycles. The van der Waals surface area contributed by atoms with Crippen molar-refractivity contribution < 1.29 is 0 Å². The lowest BCUT2D eigenvalue weighted by Crippen LogP contribution is -1.84. The van der Waals surface area contributed by atoms with Crippen LogP contribution in [0, 0.1) is 4.64 Å². The minimum Gasteiger partial charge on any atom is -0.267 e. The van der Waals surface area contributed by atoms with E-state index >= 15 is 0 Å². The summed E-state index contributed by atoms with van der Waals surface area (Å²) in [5, 5.41) is 7.46. The van der Waals surface area contributed by atoms with Gasteiger partial charge in [-0.3, -0.25) is 10.1 Å². The standard InChI is InChI=1S/C7H5N3S/c11-7-5-2-1-3-8-6(5)4-9-10-7/h1-4H,(H,10,11). The summed E-state index contributed by atoms with van der Waals surface area (Å²) in [6, 6.07) is 3.77. The minimum atomic E-state index is 0.635. The molecule has 1 N–H and O–H groups in total. The molecule has 11 heavy (non-hydrogen) atoms. The Hall–Kier alpha value is -1.29. The Bertz CT molecular complexity index is 429. The number of nitrogens with one attached hydrogen (secondary N) is 1. The molecule has 0 saturated carbocycles. The molecular weight excluding hydrogens is 158 g/mol. The molecule has 0 fully saturated rings. The molecular formula is C7H5N3S. The fourth-order valence-electron chi connectivity index (χ4n) is 0.925. The predicted molar refractivity (Wildman–Crippen MR) is 44.7 cm³/mol. The van der Waals surface area contributed by atoms with Gasteiger partial charge in [0.1, 0.15) is 4.64 Å². The van der Waals surface area contributed by atoms with Crippen LogP contribution in [0.15, 0.2) is 24.5 Å². The first-order valence-electron chi connectivity index (χ1n) is 3.16. The van der Waals surface area contributed by atoms with Gasteiger partial charge in [0.2, 0.25) is 0 Å². The van der Waals surface area contributed by atoms with Gasteiger partial charge in [-0.05, 0) is 12.1 Å². The Morgan fingerprint density at radius 2 is 2.36 bits per heavy atom. The van der Waals surface area contributed by atoms with Crippen LogP contribution in [0.5, 0.6) is 0 Å². The number of hydrogen-bond donors (Lipinski definition) is 1. The molecule has 0 aromatic carbocycles. The monoisotopic (exact) mass is 163 g/mol. The Balaban J connectivity index is 3.03. The Kier molecular flexibility index (Phi) is 1.40. The first-order valence-corrected chi connectivity index (χ1v) is 3.57. The fraction of sp³-hybridized carbons (Fsp3) is 0. The third-order valence-corrected chi connectivity index (χ3v) is 1.75. The quantitative estimate of drug-likeness (QED) is 0.601. The van der Waals surface area contributed by atoms with Crippen molar-refractivity contribution in [3.8, 4) is 0 Å². The van der Waals surface area contributed by atoms with Crippen LogP contribution in [0.3, 0.4) is 0 Å². The van der Waals surface area contributed by atoms with Crippen molar-refractivity contribution in [3.05, 3.63) is 29.2 Å². The molecule has 0 unspecified atom stereocenters. The Morgan fingerprint density at radius 1 is 1.45 bits per heavy atom. The summed E-state index contributed by atoms with van der Waals surface area (Å²) in [6.45, 7) is 0. The maximum absolute atomic E-state index is 5.00. The van der Waals surface area contributed by atoms with Crippen molar-refractivity contribution in [1.82, 2.24) is 15.2 Å². The van der Waals surface area contributed by atoms with Crippen LogP contribution in [-0.2, 0) is 0 Å². The molecule has 0 aliphatic heterocycles. The van der Waals surface area contributed by atoms with Crippen molar-refractivity contribution in [2.75, 3.05) is 0 Å². The van der Waals surface area contributed by atoms with Crippen molar-refractivity contribution >= 4 is 23.1 Å². The third-order valence-electron chi connectivity index (χ3n) is 1.44. The molecule has 3 nitrogen and oxygen atoms in total. The summed E-state index contributed by atoms with van der Waals surface area (Å²) in [7, 11) is 0. The first-order chi connectivity index (χ1) is 5.38. The van der Waals surface area contributed by atoms with Crippen LogP contribution in [0.25, 0.3) is 10.9 Å². The van der Waals surface area contributed by atoms with Gasteiger partial charge in [-0.25, -0.2) is 0 Å². The highest BCUT2D eigenvalue weighted by Crippen LogP contribution is 2.07.